The summed E-state index contributed by atoms with van der Waals surface area (Å²) in [6.45, 7) is 11.5. The number of benzene rings is 6. The van der Waals surface area contributed by atoms with E-state index in [1.807, 2.05) is 6.07 Å². The van der Waals surface area contributed by atoms with Crippen molar-refractivity contribution in [3.8, 4) is 28.2 Å². The number of thiophene rings is 1. The fourth-order valence-electron chi connectivity index (χ4n) is 7.42. The smallest absolute Gasteiger partial charge is 0.225 e. The molecule has 2 heterocycles. The lowest BCUT2D eigenvalue weighted by Gasteiger charge is -2.21. The molecule has 47 heavy (non-hydrogen) atoms. The summed E-state index contributed by atoms with van der Waals surface area (Å²) in [5, 5.41) is 4.71. The van der Waals surface area contributed by atoms with Crippen LogP contribution in [-0.2, 0) is 7.05 Å². The molecule has 0 atom stereocenters. The summed E-state index contributed by atoms with van der Waals surface area (Å²) in [4.78, 5) is 0. The van der Waals surface area contributed by atoms with Crippen LogP contribution in [0.3, 0.4) is 0 Å². The maximum atomic E-state index is 14.5. The van der Waals surface area contributed by atoms with E-state index in [0.29, 0.717) is 0 Å². The normalized spacial score (nSPS) is 12.1. The quantitative estimate of drug-likeness (QED) is 0.167. The molecule has 0 amide bonds. The molecule has 6 aromatic carbocycles. The zero-order chi connectivity index (χ0) is 32.6. The van der Waals surface area contributed by atoms with E-state index < -0.39 is 0 Å². The number of nitrogens with zero attached hydrogens (tertiary/aromatic N) is 2. The van der Waals surface area contributed by atoms with E-state index in [4.69, 9.17) is 0 Å². The van der Waals surface area contributed by atoms with E-state index in [2.05, 4.69) is 142 Å². The van der Waals surface area contributed by atoms with Crippen LogP contribution >= 0.6 is 11.3 Å². The Labute approximate surface area is 279 Å². The molecule has 2 aromatic heterocycles. The van der Waals surface area contributed by atoms with Crippen LogP contribution in [0.25, 0.3) is 70.2 Å². The molecule has 0 aliphatic rings. The topological polar surface area (TPSA) is 8.81 Å². The van der Waals surface area contributed by atoms with Gasteiger partial charge in [-0.15, -0.1) is 11.3 Å². The van der Waals surface area contributed by atoms with Gasteiger partial charge in [0.05, 0.1) is 17.3 Å². The zero-order valence-corrected chi connectivity index (χ0v) is 28.5. The first-order valence-electron chi connectivity index (χ1n) is 16.5. The Kier molecular flexibility index (Phi) is 7.03. The third-order valence-corrected chi connectivity index (χ3v) is 11.0. The molecule has 0 aliphatic heterocycles. The summed E-state index contributed by atoms with van der Waals surface area (Å²) >= 11 is 1.69. The lowest BCUT2D eigenvalue weighted by molar-refractivity contribution is -0.633. The molecule has 2 nitrogen and oxygen atoms in total. The number of rotatable bonds is 5. The Bertz CT molecular complexity index is 2470. The summed E-state index contributed by atoms with van der Waals surface area (Å²) in [5.74, 6) is 1.50. The van der Waals surface area contributed by atoms with Crippen LogP contribution in [0, 0.1) is 12.7 Å². The van der Waals surface area contributed by atoms with E-state index in [1.165, 1.54) is 71.0 Å². The van der Waals surface area contributed by atoms with E-state index in [-0.39, 0.29) is 17.7 Å². The van der Waals surface area contributed by atoms with Gasteiger partial charge in [-0.25, -0.2) is 8.96 Å². The molecule has 0 bridgehead atoms. The predicted molar refractivity (Wildman–Crippen MR) is 199 cm³/mol. The van der Waals surface area contributed by atoms with Crippen molar-refractivity contribution < 1.29 is 8.96 Å². The van der Waals surface area contributed by atoms with Crippen LogP contribution in [-0.4, -0.2) is 4.57 Å². The summed E-state index contributed by atoms with van der Waals surface area (Å²) < 4.78 is 21.6. The lowest BCUT2D eigenvalue weighted by Crippen LogP contribution is -2.30. The van der Waals surface area contributed by atoms with Gasteiger partial charge in [0, 0.05) is 32.0 Å². The van der Waals surface area contributed by atoms with Gasteiger partial charge in [-0.2, -0.15) is 4.57 Å². The van der Waals surface area contributed by atoms with Crippen molar-refractivity contribution in [2.45, 2.75) is 46.5 Å². The molecular weight excluding hydrogens is 596 g/mol. The first kappa shape index (κ1) is 29.6. The Hall–Kier alpha value is -4.80. The second-order valence-corrected chi connectivity index (χ2v) is 14.5. The van der Waals surface area contributed by atoms with Crippen molar-refractivity contribution in [1.82, 2.24) is 4.57 Å². The van der Waals surface area contributed by atoms with Crippen LogP contribution in [0.4, 0.5) is 4.39 Å². The highest BCUT2D eigenvalue weighted by Crippen LogP contribution is 2.45. The van der Waals surface area contributed by atoms with Gasteiger partial charge in [-0.3, -0.25) is 0 Å². The van der Waals surface area contributed by atoms with Crippen molar-refractivity contribution in [1.29, 1.82) is 0 Å². The third kappa shape index (κ3) is 4.61. The van der Waals surface area contributed by atoms with Crippen LogP contribution in [0.5, 0.6) is 0 Å². The molecule has 8 aromatic rings. The van der Waals surface area contributed by atoms with Gasteiger partial charge in [-0.1, -0.05) is 94.4 Å². The van der Waals surface area contributed by atoms with Crippen molar-refractivity contribution in [2.75, 3.05) is 0 Å². The van der Waals surface area contributed by atoms with Gasteiger partial charge in [0.2, 0.25) is 0 Å². The molecular formula is C43H38FN2S+. The molecule has 0 fully saturated rings. The second kappa shape index (κ2) is 11.2. The molecule has 0 unspecified atom stereocenters. The number of hydrogen-bond donors (Lipinski definition) is 0. The van der Waals surface area contributed by atoms with Crippen molar-refractivity contribution >= 4 is 53.3 Å². The number of aryl methyl sites for hydroxylation is 2. The van der Waals surface area contributed by atoms with E-state index in [1.54, 1.807) is 23.5 Å². The van der Waals surface area contributed by atoms with Gasteiger partial charge < -0.3 is 0 Å². The van der Waals surface area contributed by atoms with Gasteiger partial charge in [0.15, 0.2) is 11.0 Å². The highest BCUT2D eigenvalue weighted by molar-refractivity contribution is 7.26. The SMILES string of the molecule is Cc1ccc2c(sc3cc(F)ccc32)c1-c1n(-c2c(C(C)C)cc(-c3ccccc3)cc2C(C)C)c2c3ccccc3ccc2[n+]1C. The summed E-state index contributed by atoms with van der Waals surface area (Å²) in [7, 11) is 2.20. The Balaban J connectivity index is 1.59. The average molecular weight is 634 g/mol. The minimum atomic E-state index is -0.199. The maximum Gasteiger partial charge on any atom is 0.296 e. The van der Waals surface area contributed by atoms with Gasteiger partial charge in [0.1, 0.15) is 11.5 Å². The first-order chi connectivity index (χ1) is 22.7. The number of halogens is 1. The maximum absolute atomic E-state index is 14.5. The highest BCUT2D eigenvalue weighted by Gasteiger charge is 2.34. The molecule has 8 rings (SSSR count). The van der Waals surface area contributed by atoms with Crippen molar-refractivity contribution in [3.63, 3.8) is 0 Å². The molecule has 0 saturated heterocycles. The van der Waals surface area contributed by atoms with Crippen LogP contribution < -0.4 is 4.57 Å². The molecule has 0 N–H and O–H groups in total. The van der Waals surface area contributed by atoms with Crippen LogP contribution in [0.2, 0.25) is 0 Å². The minimum absolute atomic E-state index is 0.199. The molecule has 0 aliphatic carbocycles. The molecule has 0 saturated carbocycles. The van der Waals surface area contributed by atoms with E-state index >= 15 is 0 Å². The molecule has 232 valence electrons. The Morgan fingerprint density at radius 1 is 0.681 bits per heavy atom. The third-order valence-electron chi connectivity index (χ3n) is 9.77. The standard InChI is InChI=1S/C43H38FN2S/c1-25(2)35-22-30(28-12-8-7-9-13-28)23-36(26(3)4)40(35)46-41-32-15-11-10-14-29(32)17-21-37(41)45(6)43(46)39-27(5)16-19-34-33-20-18-31(44)24-38(33)47-42(34)39/h7-26H,1-6H3/q+1. The van der Waals surface area contributed by atoms with Crippen LogP contribution in [0.1, 0.15) is 56.2 Å². The fraction of sp³-hybridized carbons (Fsp3) is 0.186. The zero-order valence-electron chi connectivity index (χ0n) is 27.7. The van der Waals surface area contributed by atoms with E-state index in [9.17, 15) is 4.39 Å². The summed E-state index contributed by atoms with van der Waals surface area (Å²) in [5.41, 5.74) is 11.2. The van der Waals surface area contributed by atoms with Crippen LogP contribution in [0.15, 0.2) is 109 Å². The average Bonchev–Trinajstić information content (AvgIpc) is 3.58. The van der Waals surface area contributed by atoms with E-state index in [0.717, 1.165) is 15.9 Å². The predicted octanol–water partition coefficient (Wildman–Crippen LogP) is 12.0. The Morgan fingerprint density at radius 3 is 2.09 bits per heavy atom. The molecule has 0 spiro atoms. The van der Waals surface area contributed by atoms with Crippen molar-refractivity contribution in [3.05, 3.63) is 132 Å². The second-order valence-electron chi connectivity index (χ2n) is 13.4. The fourth-order valence-corrected chi connectivity index (χ4v) is 8.74. The van der Waals surface area contributed by atoms with Crippen molar-refractivity contribution in [2.24, 2.45) is 7.05 Å². The largest absolute Gasteiger partial charge is 0.296 e. The number of imidazole rings is 1. The minimum Gasteiger partial charge on any atom is -0.225 e. The number of aromatic nitrogens is 2. The van der Waals surface area contributed by atoms with Gasteiger partial charge in [-0.05, 0) is 83.3 Å². The summed E-state index contributed by atoms with van der Waals surface area (Å²) in [6.07, 6.45) is 0. The van der Waals surface area contributed by atoms with Gasteiger partial charge in [0.25, 0.3) is 5.82 Å². The number of hydrogen-bond acceptors (Lipinski definition) is 1. The first-order valence-corrected chi connectivity index (χ1v) is 17.3. The monoisotopic (exact) mass is 633 g/mol. The molecule has 4 heteroatoms. The summed E-state index contributed by atoms with van der Waals surface area (Å²) in [6, 6.07) is 38.5. The van der Waals surface area contributed by atoms with Gasteiger partial charge >= 0.3 is 0 Å². The highest BCUT2D eigenvalue weighted by atomic mass is 32.1. The lowest BCUT2D eigenvalue weighted by atomic mass is 9.88. The number of fused-ring (bicyclic) bond motifs is 6. The Morgan fingerprint density at radius 2 is 1.36 bits per heavy atom. The molecule has 0 radical (unpaired) electrons.